The smallest absolute Gasteiger partial charge is 0.143 e. The van der Waals surface area contributed by atoms with Gasteiger partial charge in [-0.25, -0.2) is 0 Å². The Morgan fingerprint density at radius 2 is 2.05 bits per heavy atom. The van der Waals surface area contributed by atoms with E-state index in [-0.39, 0.29) is 5.41 Å². The Bertz CT molecular complexity index is 530. The van der Waals surface area contributed by atoms with Crippen molar-refractivity contribution >= 4 is 17.4 Å². The van der Waals surface area contributed by atoms with Crippen LogP contribution in [0.4, 0.5) is 0 Å². The van der Waals surface area contributed by atoms with E-state index in [0.717, 1.165) is 36.1 Å². The zero-order valence-corrected chi connectivity index (χ0v) is 12.8. The molecule has 1 aliphatic carbocycles. The summed E-state index contributed by atoms with van der Waals surface area (Å²) in [4.78, 5) is 12.7. The van der Waals surface area contributed by atoms with Crippen molar-refractivity contribution in [3.8, 4) is 5.75 Å². The predicted octanol–water partition coefficient (Wildman–Crippen LogP) is 4.36. The molecule has 0 spiro atoms. The normalized spacial score (nSPS) is 20.3. The lowest BCUT2D eigenvalue weighted by atomic mass is 9.71. The quantitative estimate of drug-likeness (QED) is 0.827. The molecule has 1 fully saturated rings. The third kappa shape index (κ3) is 2.58. The Labute approximate surface area is 125 Å². The maximum atomic E-state index is 12.7. The molecule has 2 nitrogen and oxygen atoms in total. The molecule has 2 aliphatic rings. The number of Topliss-reactive ketones (excluding diaryl/α,β-unsaturated/α-hetero) is 1. The number of ether oxygens (including phenoxy) is 1. The molecule has 1 heterocycles. The first-order valence-electron chi connectivity index (χ1n) is 7.56. The van der Waals surface area contributed by atoms with Gasteiger partial charge in [-0.15, -0.1) is 0 Å². The lowest BCUT2D eigenvalue weighted by Gasteiger charge is -2.32. The first kappa shape index (κ1) is 13.9. The van der Waals surface area contributed by atoms with Crippen molar-refractivity contribution in [3.63, 3.8) is 0 Å². The van der Waals surface area contributed by atoms with Gasteiger partial charge in [-0.1, -0.05) is 37.8 Å². The maximum Gasteiger partial charge on any atom is 0.143 e. The van der Waals surface area contributed by atoms with Crippen LogP contribution in [0.5, 0.6) is 5.75 Å². The van der Waals surface area contributed by atoms with Gasteiger partial charge < -0.3 is 4.74 Å². The van der Waals surface area contributed by atoms with Crippen molar-refractivity contribution in [3.05, 3.63) is 28.3 Å². The Hall–Kier alpha value is -1.02. The fourth-order valence-electron chi connectivity index (χ4n) is 3.47. The molecule has 1 saturated carbocycles. The molecule has 1 aromatic carbocycles. The average Bonchev–Trinajstić information content (AvgIpc) is 2.87. The molecule has 0 unspecified atom stereocenters. The minimum absolute atomic E-state index is 0.147. The van der Waals surface area contributed by atoms with E-state index in [2.05, 4.69) is 6.92 Å². The zero-order valence-electron chi connectivity index (χ0n) is 12.0. The lowest BCUT2D eigenvalue weighted by Crippen LogP contribution is -2.31. The third-order valence-electron chi connectivity index (χ3n) is 4.81. The molecule has 0 radical (unpaired) electrons. The largest absolute Gasteiger partial charge is 0.493 e. The summed E-state index contributed by atoms with van der Waals surface area (Å²) in [5.74, 6) is 1.25. The van der Waals surface area contributed by atoms with Gasteiger partial charge in [0.05, 0.1) is 6.61 Å². The van der Waals surface area contributed by atoms with Crippen molar-refractivity contribution in [1.29, 1.82) is 0 Å². The fourth-order valence-corrected chi connectivity index (χ4v) is 3.74. The molecular weight excluding hydrogens is 272 g/mol. The van der Waals surface area contributed by atoms with E-state index >= 15 is 0 Å². The van der Waals surface area contributed by atoms with Gasteiger partial charge in [0.1, 0.15) is 11.5 Å². The summed E-state index contributed by atoms with van der Waals surface area (Å²) < 4.78 is 5.69. The Balaban J connectivity index is 1.83. The summed E-state index contributed by atoms with van der Waals surface area (Å²) in [7, 11) is 0. The molecule has 20 heavy (non-hydrogen) atoms. The second kappa shape index (κ2) is 5.40. The number of hydrogen-bond donors (Lipinski definition) is 0. The van der Waals surface area contributed by atoms with Crippen LogP contribution in [-0.2, 0) is 17.6 Å². The van der Waals surface area contributed by atoms with Gasteiger partial charge in [-0.2, -0.15) is 0 Å². The second-order valence-electron chi connectivity index (χ2n) is 6.37. The zero-order chi connectivity index (χ0) is 14.2. The van der Waals surface area contributed by atoms with Crippen LogP contribution in [0.1, 0.15) is 50.2 Å². The molecule has 3 rings (SSSR count). The van der Waals surface area contributed by atoms with E-state index in [1.165, 1.54) is 19.3 Å². The minimum atomic E-state index is -0.147. The number of benzene rings is 1. The van der Waals surface area contributed by atoms with Gasteiger partial charge in [0.25, 0.3) is 0 Å². The highest BCUT2D eigenvalue weighted by atomic mass is 35.5. The number of carbonyl (C=O) groups excluding carboxylic acids is 1. The molecule has 0 aromatic heterocycles. The van der Waals surface area contributed by atoms with Crippen molar-refractivity contribution in [2.75, 3.05) is 6.61 Å². The van der Waals surface area contributed by atoms with E-state index in [9.17, 15) is 4.79 Å². The lowest BCUT2D eigenvalue weighted by molar-refractivity contribution is -0.128. The molecule has 1 aromatic rings. The highest BCUT2D eigenvalue weighted by Gasteiger charge is 2.34. The number of halogens is 1. The molecular formula is C17H21ClO2. The molecule has 0 N–H and O–H groups in total. The second-order valence-corrected chi connectivity index (χ2v) is 6.81. The van der Waals surface area contributed by atoms with Crippen LogP contribution in [0, 0.1) is 5.41 Å². The molecule has 0 bridgehead atoms. The molecule has 0 atom stereocenters. The number of fused-ring (bicyclic) bond motifs is 1. The van der Waals surface area contributed by atoms with E-state index < -0.39 is 0 Å². The third-order valence-corrected chi connectivity index (χ3v) is 5.02. The van der Waals surface area contributed by atoms with Crippen LogP contribution in [0.25, 0.3) is 0 Å². The van der Waals surface area contributed by atoms with Crippen LogP contribution in [-0.4, -0.2) is 12.4 Å². The van der Waals surface area contributed by atoms with Crippen molar-refractivity contribution in [2.24, 2.45) is 5.41 Å². The summed E-state index contributed by atoms with van der Waals surface area (Å²) in [6.45, 7) is 2.83. The van der Waals surface area contributed by atoms with Gasteiger partial charge in [0, 0.05) is 28.8 Å². The van der Waals surface area contributed by atoms with Crippen LogP contribution < -0.4 is 4.74 Å². The summed E-state index contributed by atoms with van der Waals surface area (Å²) >= 11 is 6.17. The standard InChI is InChI=1S/C17H21ClO2/c1-17(6-3-2-4-7-17)15(19)11-13-10-14(18)9-12-5-8-20-16(12)13/h9-10H,2-8,11H2,1H3. The first-order valence-corrected chi connectivity index (χ1v) is 7.94. The van der Waals surface area contributed by atoms with Crippen molar-refractivity contribution in [2.45, 2.75) is 51.9 Å². The van der Waals surface area contributed by atoms with Gasteiger partial charge in [-0.3, -0.25) is 4.79 Å². The number of carbonyl (C=O) groups is 1. The van der Waals surface area contributed by atoms with Crippen LogP contribution in [0.3, 0.4) is 0 Å². The summed E-state index contributed by atoms with van der Waals surface area (Å²) in [5.41, 5.74) is 1.97. The van der Waals surface area contributed by atoms with Gasteiger partial charge >= 0.3 is 0 Å². The van der Waals surface area contributed by atoms with Crippen LogP contribution in [0.2, 0.25) is 5.02 Å². The molecule has 1 aliphatic heterocycles. The van der Waals surface area contributed by atoms with Gasteiger partial charge in [0.2, 0.25) is 0 Å². The van der Waals surface area contributed by atoms with E-state index in [1.807, 2.05) is 12.1 Å². The van der Waals surface area contributed by atoms with Crippen LogP contribution in [0.15, 0.2) is 12.1 Å². The molecule has 0 amide bonds. The molecule has 0 saturated heterocycles. The SMILES string of the molecule is CC1(C(=O)Cc2cc(Cl)cc3c2OCC3)CCCCC1. The number of hydrogen-bond acceptors (Lipinski definition) is 2. The van der Waals surface area contributed by atoms with E-state index in [1.54, 1.807) is 0 Å². The topological polar surface area (TPSA) is 26.3 Å². The first-order chi connectivity index (χ1) is 9.58. The summed E-state index contributed by atoms with van der Waals surface area (Å²) in [6, 6.07) is 3.86. The Morgan fingerprint density at radius 3 is 2.80 bits per heavy atom. The monoisotopic (exact) mass is 292 g/mol. The molecule has 3 heteroatoms. The Morgan fingerprint density at radius 1 is 1.30 bits per heavy atom. The minimum Gasteiger partial charge on any atom is -0.493 e. The Kier molecular flexibility index (Phi) is 3.76. The van der Waals surface area contributed by atoms with Crippen molar-refractivity contribution < 1.29 is 9.53 Å². The van der Waals surface area contributed by atoms with Gasteiger partial charge in [-0.05, 0) is 30.5 Å². The average molecular weight is 293 g/mol. The van der Waals surface area contributed by atoms with Crippen molar-refractivity contribution in [1.82, 2.24) is 0 Å². The fraction of sp³-hybridized carbons (Fsp3) is 0.588. The highest BCUT2D eigenvalue weighted by Crippen LogP contribution is 2.39. The number of rotatable bonds is 3. The molecule has 108 valence electrons. The number of ketones is 1. The summed E-state index contributed by atoms with van der Waals surface area (Å²) in [5, 5.41) is 0.714. The summed E-state index contributed by atoms with van der Waals surface area (Å²) in [6.07, 6.45) is 7.01. The predicted molar refractivity (Wildman–Crippen MR) is 80.6 cm³/mol. The van der Waals surface area contributed by atoms with Crippen LogP contribution >= 0.6 is 11.6 Å². The highest BCUT2D eigenvalue weighted by molar-refractivity contribution is 6.30. The van der Waals surface area contributed by atoms with E-state index in [4.69, 9.17) is 16.3 Å². The van der Waals surface area contributed by atoms with Gasteiger partial charge in [0.15, 0.2) is 0 Å². The van der Waals surface area contributed by atoms with E-state index in [0.29, 0.717) is 23.8 Å². The maximum absolute atomic E-state index is 12.7.